The van der Waals surface area contributed by atoms with Crippen molar-refractivity contribution >= 4 is 23.2 Å². The number of primary amides is 1. The minimum atomic E-state index is -2.62. The van der Waals surface area contributed by atoms with Crippen LogP contribution in [-0.4, -0.2) is 101 Å². The summed E-state index contributed by atoms with van der Waals surface area (Å²) in [6.45, 7) is 0.798. The number of carbonyl (C=O) groups is 3. The van der Waals surface area contributed by atoms with Crippen molar-refractivity contribution in [2.45, 2.75) is 30.9 Å². The number of Topliss-reactive ketones (excluding diaryl/α,β-unsaturated/α-hetero) is 2. The molecular weight excluding hydrogens is 466 g/mol. The predicted molar refractivity (Wildman–Crippen MR) is 131 cm³/mol. The quantitative estimate of drug-likeness (QED) is 0.283. The van der Waals surface area contributed by atoms with E-state index < -0.39 is 58.0 Å². The van der Waals surface area contributed by atoms with Crippen molar-refractivity contribution in [2.24, 2.45) is 17.6 Å². The Morgan fingerprint density at radius 3 is 2.36 bits per heavy atom. The van der Waals surface area contributed by atoms with Gasteiger partial charge in [-0.1, -0.05) is 6.07 Å². The number of fused-ring (bicyclic) bond motifs is 3. The molecule has 10 nitrogen and oxygen atoms in total. The summed E-state index contributed by atoms with van der Waals surface area (Å²) in [5, 5.41) is 44.4. The van der Waals surface area contributed by atoms with Crippen molar-refractivity contribution < 1.29 is 39.3 Å². The van der Waals surface area contributed by atoms with Gasteiger partial charge in [0.15, 0.2) is 11.4 Å². The lowest BCUT2D eigenvalue weighted by molar-refractivity contribution is -0.870. The number of rotatable bonds is 5. The summed E-state index contributed by atoms with van der Waals surface area (Å²) in [6.07, 6.45) is 1.05. The van der Waals surface area contributed by atoms with E-state index >= 15 is 0 Å². The highest BCUT2D eigenvalue weighted by Crippen LogP contribution is 2.52. The zero-order chi connectivity index (χ0) is 26.9. The van der Waals surface area contributed by atoms with Crippen LogP contribution in [0.2, 0.25) is 0 Å². The lowest BCUT2D eigenvalue weighted by atomic mass is 9.57. The van der Waals surface area contributed by atoms with E-state index in [2.05, 4.69) is 21.1 Å². The maximum Gasteiger partial charge on any atom is 0.255 e. The number of benzene rings is 1. The van der Waals surface area contributed by atoms with E-state index in [4.69, 9.17) is 5.73 Å². The summed E-state index contributed by atoms with van der Waals surface area (Å²) < 4.78 is 0.709. The number of nitrogens with two attached hydrogens (primary N) is 1. The molecule has 0 radical (unpaired) electrons. The molecule has 0 unspecified atom stereocenters. The second-order valence-electron chi connectivity index (χ2n) is 11.3. The standard InChI is InChI=1S/C26H33N3O7/c1-28(2)20-15-11-13-10-14-12(8-9-29(3,4)5)6-7-16(30)18(14)21(31)17(13)23(33)26(15,36)24(34)19(22(20)32)25(27)35/h6-7,13,15,20,36H,8-11H2,1-5H3,(H4-,27,30,31,32,33,34,35)/p+1/t13-,15-,20-,26-/m0/s1. The van der Waals surface area contributed by atoms with Gasteiger partial charge in [0, 0.05) is 17.9 Å². The zero-order valence-corrected chi connectivity index (χ0v) is 21.2. The fourth-order valence-corrected chi connectivity index (χ4v) is 6.00. The molecular formula is C26H34N3O7+. The van der Waals surface area contributed by atoms with Crippen LogP contribution < -0.4 is 5.73 Å². The summed E-state index contributed by atoms with van der Waals surface area (Å²) in [4.78, 5) is 40.5. The Hall–Kier alpha value is -3.21. The average molecular weight is 501 g/mol. The van der Waals surface area contributed by atoms with E-state index in [0.717, 1.165) is 12.1 Å². The highest BCUT2D eigenvalue weighted by atomic mass is 16.3. The molecule has 0 heterocycles. The second-order valence-corrected chi connectivity index (χ2v) is 11.3. The van der Waals surface area contributed by atoms with Crippen molar-refractivity contribution in [2.75, 3.05) is 41.8 Å². The van der Waals surface area contributed by atoms with Gasteiger partial charge >= 0.3 is 0 Å². The molecule has 1 aromatic carbocycles. The van der Waals surface area contributed by atoms with Crippen LogP contribution in [0, 0.1) is 11.8 Å². The van der Waals surface area contributed by atoms with Crippen LogP contribution >= 0.6 is 0 Å². The van der Waals surface area contributed by atoms with Crippen LogP contribution in [0.15, 0.2) is 29.0 Å². The van der Waals surface area contributed by atoms with Gasteiger partial charge in [0.1, 0.15) is 22.8 Å². The summed E-state index contributed by atoms with van der Waals surface area (Å²) in [5.41, 5.74) is 3.54. The van der Waals surface area contributed by atoms with E-state index in [1.165, 1.54) is 11.0 Å². The van der Waals surface area contributed by atoms with Crippen molar-refractivity contribution in [3.63, 3.8) is 0 Å². The number of likely N-dealkylation sites (N-methyl/N-ethyl adjacent to an activating group) is 2. The van der Waals surface area contributed by atoms with E-state index in [9.17, 15) is 34.8 Å². The number of nitrogens with zero attached hydrogens (tertiary/aromatic N) is 2. The molecule has 4 atom stereocenters. The Balaban J connectivity index is 1.91. The zero-order valence-electron chi connectivity index (χ0n) is 21.2. The molecule has 0 bridgehead atoms. The number of aliphatic hydroxyl groups excluding tert-OH is 2. The predicted octanol–water partition coefficient (Wildman–Crippen LogP) is 0.213. The molecule has 1 aromatic rings. The smallest absolute Gasteiger partial charge is 0.255 e. The first kappa shape index (κ1) is 25.9. The van der Waals surface area contributed by atoms with Crippen molar-refractivity contribution in [3.8, 4) is 5.75 Å². The van der Waals surface area contributed by atoms with Gasteiger partial charge in [-0.15, -0.1) is 0 Å². The minimum absolute atomic E-state index is 0.0796. The molecule has 0 saturated heterocycles. The molecule has 3 aliphatic carbocycles. The third kappa shape index (κ3) is 3.71. The topological polar surface area (TPSA) is 161 Å². The van der Waals surface area contributed by atoms with Gasteiger partial charge in [0.05, 0.1) is 39.3 Å². The lowest BCUT2D eigenvalue weighted by Crippen LogP contribution is -2.65. The van der Waals surface area contributed by atoms with Crippen LogP contribution in [0.3, 0.4) is 0 Å². The van der Waals surface area contributed by atoms with Crippen LogP contribution in [0.5, 0.6) is 5.75 Å². The number of carbonyl (C=O) groups excluding carboxylic acids is 3. The first-order chi connectivity index (χ1) is 16.6. The lowest BCUT2D eigenvalue weighted by Gasteiger charge is -2.50. The van der Waals surface area contributed by atoms with Gasteiger partial charge in [0.25, 0.3) is 5.91 Å². The number of hydrogen-bond donors (Lipinski definition) is 5. The summed E-state index contributed by atoms with van der Waals surface area (Å²) in [7, 11) is 9.34. The van der Waals surface area contributed by atoms with Crippen LogP contribution in [-0.2, 0) is 27.2 Å². The van der Waals surface area contributed by atoms with Crippen molar-refractivity contribution in [1.82, 2.24) is 4.90 Å². The van der Waals surface area contributed by atoms with Gasteiger partial charge < -0.3 is 30.6 Å². The molecule has 10 heteroatoms. The van der Waals surface area contributed by atoms with Gasteiger partial charge in [0.2, 0.25) is 5.78 Å². The molecule has 194 valence electrons. The minimum Gasteiger partial charge on any atom is -0.508 e. The molecule has 1 saturated carbocycles. The fraction of sp³-hybridized carbons (Fsp3) is 0.500. The molecule has 0 aliphatic heterocycles. The maximum absolute atomic E-state index is 13.8. The number of aliphatic hydroxyl groups is 3. The maximum atomic E-state index is 13.8. The molecule has 1 amide bonds. The van der Waals surface area contributed by atoms with Crippen LogP contribution in [0.25, 0.3) is 5.76 Å². The number of ketones is 2. The van der Waals surface area contributed by atoms with Gasteiger partial charge in [-0.3, -0.25) is 19.3 Å². The Morgan fingerprint density at radius 2 is 1.81 bits per heavy atom. The van der Waals surface area contributed by atoms with E-state index in [-0.39, 0.29) is 23.3 Å². The SMILES string of the molecule is CN(C)[C@@H]1C(=O)C(C(N)=O)=C(O)[C@@]2(O)C(=O)C3=C(O)c4c(O)ccc(CC[N+](C)(C)C)c4C[C@H]3C[C@@H]12. The monoisotopic (exact) mass is 500 g/mol. The number of quaternary nitrogens is 1. The van der Waals surface area contributed by atoms with Crippen molar-refractivity contribution in [1.29, 1.82) is 0 Å². The van der Waals surface area contributed by atoms with Gasteiger partial charge in [-0.05, 0) is 50.0 Å². The molecule has 3 aliphatic rings. The summed E-state index contributed by atoms with van der Waals surface area (Å²) in [5.74, 6) is -6.41. The van der Waals surface area contributed by atoms with E-state index in [0.29, 0.717) is 22.9 Å². The molecule has 0 aromatic heterocycles. The third-order valence-electron chi connectivity index (χ3n) is 7.75. The number of aromatic hydroxyl groups is 1. The molecule has 36 heavy (non-hydrogen) atoms. The number of hydrogen-bond acceptors (Lipinski definition) is 8. The molecule has 0 spiro atoms. The Kier molecular flexibility index (Phi) is 6.06. The second kappa shape index (κ2) is 8.43. The number of amides is 1. The van der Waals surface area contributed by atoms with E-state index in [1.54, 1.807) is 14.1 Å². The number of phenols is 1. The molecule has 1 fully saturated rings. The Bertz CT molecular complexity index is 1240. The first-order valence-electron chi connectivity index (χ1n) is 11.9. The average Bonchev–Trinajstić information content (AvgIpc) is 2.74. The van der Waals surface area contributed by atoms with Gasteiger partial charge in [-0.2, -0.15) is 0 Å². The molecule has 4 rings (SSSR count). The summed E-state index contributed by atoms with van der Waals surface area (Å²) in [6, 6.07) is 2.18. The largest absolute Gasteiger partial charge is 0.508 e. The Morgan fingerprint density at radius 1 is 1.17 bits per heavy atom. The first-order valence-corrected chi connectivity index (χ1v) is 11.9. The van der Waals surface area contributed by atoms with E-state index in [1.807, 2.05) is 6.07 Å². The van der Waals surface area contributed by atoms with Crippen LogP contribution in [0.4, 0.5) is 0 Å². The summed E-state index contributed by atoms with van der Waals surface area (Å²) >= 11 is 0. The highest BCUT2D eigenvalue weighted by Gasteiger charge is 2.64. The Labute approximate surface area is 209 Å². The van der Waals surface area contributed by atoms with Crippen molar-refractivity contribution in [3.05, 3.63) is 45.7 Å². The van der Waals surface area contributed by atoms with Gasteiger partial charge in [-0.25, -0.2) is 0 Å². The fourth-order valence-electron chi connectivity index (χ4n) is 6.00. The van der Waals surface area contributed by atoms with Crippen LogP contribution in [0.1, 0.15) is 23.1 Å². The molecule has 6 N–H and O–H groups in total. The third-order valence-corrected chi connectivity index (χ3v) is 7.75. The highest BCUT2D eigenvalue weighted by molar-refractivity contribution is 6.24. The normalized spacial score (nSPS) is 28.2. The number of phenolic OH excluding ortho intramolecular Hbond substituents is 1.